The van der Waals surface area contributed by atoms with Crippen molar-refractivity contribution in [2.24, 2.45) is 0 Å². The molecule has 9 heteroatoms. The molecule has 148 valence electrons. The maximum absolute atomic E-state index is 13.7. The van der Waals surface area contributed by atoms with Gasteiger partial charge in [0.2, 0.25) is 16.9 Å². The van der Waals surface area contributed by atoms with Crippen LogP contribution in [-0.4, -0.2) is 31.1 Å². The summed E-state index contributed by atoms with van der Waals surface area (Å²) in [6.07, 6.45) is 1.45. The molecule has 0 bridgehead atoms. The first-order valence-corrected chi connectivity index (χ1v) is 10.3. The number of H-pyrrole nitrogens is 1. The van der Waals surface area contributed by atoms with Crippen molar-refractivity contribution in [3.63, 3.8) is 0 Å². The van der Waals surface area contributed by atoms with E-state index in [0.717, 1.165) is 17.7 Å². The van der Waals surface area contributed by atoms with E-state index in [1.165, 1.54) is 6.07 Å². The Bertz CT molecular complexity index is 1110. The minimum absolute atomic E-state index is 0.283. The highest BCUT2D eigenvalue weighted by Gasteiger charge is 2.11. The number of rotatable bonds is 7. The van der Waals surface area contributed by atoms with Crippen molar-refractivity contribution in [2.75, 3.05) is 5.75 Å². The zero-order valence-electron chi connectivity index (χ0n) is 15.5. The van der Waals surface area contributed by atoms with Crippen LogP contribution in [0.15, 0.2) is 52.1 Å². The van der Waals surface area contributed by atoms with Crippen LogP contribution in [0.3, 0.4) is 0 Å². The van der Waals surface area contributed by atoms with Crippen LogP contribution in [-0.2, 0) is 6.42 Å². The average Bonchev–Trinajstić information content (AvgIpc) is 3.38. The van der Waals surface area contributed by atoms with E-state index in [1.807, 2.05) is 24.3 Å². The number of aryl methyl sites for hydroxylation is 2. The zero-order valence-corrected chi connectivity index (χ0v) is 17.1. The predicted molar refractivity (Wildman–Crippen MR) is 110 cm³/mol. The fourth-order valence-electron chi connectivity index (χ4n) is 2.64. The molecule has 0 amide bonds. The summed E-state index contributed by atoms with van der Waals surface area (Å²) in [6.45, 7) is 1.71. The van der Waals surface area contributed by atoms with E-state index in [-0.39, 0.29) is 5.82 Å². The monoisotopic (exact) mass is 429 g/mol. The summed E-state index contributed by atoms with van der Waals surface area (Å²) in [5, 5.41) is 12.5. The first-order chi connectivity index (χ1) is 14.1. The van der Waals surface area contributed by atoms with Crippen LogP contribution in [0.4, 0.5) is 4.39 Å². The molecule has 0 fully saturated rings. The molecular formula is C20H17ClFN5OS. The van der Waals surface area contributed by atoms with E-state index in [1.54, 1.807) is 30.8 Å². The van der Waals surface area contributed by atoms with Gasteiger partial charge in [0.1, 0.15) is 5.82 Å². The molecule has 0 aliphatic rings. The molecule has 0 radical (unpaired) electrons. The van der Waals surface area contributed by atoms with Crippen molar-refractivity contribution in [2.45, 2.75) is 24.9 Å². The molecule has 2 aromatic heterocycles. The Morgan fingerprint density at radius 1 is 1.10 bits per heavy atom. The Kier molecular flexibility index (Phi) is 5.92. The highest BCUT2D eigenvalue weighted by molar-refractivity contribution is 7.99. The largest absolute Gasteiger partial charge is 0.339 e. The van der Waals surface area contributed by atoms with E-state index in [0.29, 0.717) is 45.3 Å². The molecule has 0 atom stereocenters. The van der Waals surface area contributed by atoms with Gasteiger partial charge in [-0.2, -0.15) is 4.98 Å². The molecule has 4 rings (SSSR count). The molecular weight excluding hydrogens is 413 g/mol. The quantitative estimate of drug-likeness (QED) is 0.315. The van der Waals surface area contributed by atoms with E-state index in [9.17, 15) is 4.39 Å². The van der Waals surface area contributed by atoms with E-state index < -0.39 is 0 Å². The number of nitrogens with zero attached hydrogens (tertiary/aromatic N) is 4. The van der Waals surface area contributed by atoms with Crippen LogP contribution in [0.25, 0.3) is 22.8 Å². The molecule has 4 aromatic rings. The highest BCUT2D eigenvalue weighted by Crippen LogP contribution is 2.22. The second-order valence-corrected chi connectivity index (χ2v) is 7.90. The van der Waals surface area contributed by atoms with Gasteiger partial charge in [-0.05, 0) is 49.2 Å². The lowest BCUT2D eigenvalue weighted by Crippen LogP contribution is -1.90. The third kappa shape index (κ3) is 4.83. The molecule has 2 aromatic carbocycles. The normalized spacial score (nSPS) is 11.1. The average molecular weight is 430 g/mol. The van der Waals surface area contributed by atoms with Gasteiger partial charge < -0.3 is 4.52 Å². The summed E-state index contributed by atoms with van der Waals surface area (Å²) < 4.78 is 19.0. The van der Waals surface area contributed by atoms with E-state index in [2.05, 4.69) is 25.3 Å². The SMILES string of the molecule is Cc1ccc(-c2noc(CCCSc3n[nH]c(-c4ccc(Cl)cc4)n3)n2)cc1F. The van der Waals surface area contributed by atoms with Gasteiger partial charge in [-0.15, -0.1) is 5.10 Å². The fraction of sp³-hybridized carbons (Fsp3) is 0.200. The van der Waals surface area contributed by atoms with Crippen LogP contribution in [0, 0.1) is 12.7 Å². The number of hydrogen-bond acceptors (Lipinski definition) is 6. The van der Waals surface area contributed by atoms with Crippen LogP contribution in [0.5, 0.6) is 0 Å². The lowest BCUT2D eigenvalue weighted by atomic mass is 10.1. The molecule has 0 spiro atoms. The Morgan fingerprint density at radius 2 is 1.90 bits per heavy atom. The topological polar surface area (TPSA) is 80.5 Å². The van der Waals surface area contributed by atoms with Crippen molar-refractivity contribution >= 4 is 23.4 Å². The lowest BCUT2D eigenvalue weighted by Gasteiger charge is -1.97. The zero-order chi connectivity index (χ0) is 20.2. The summed E-state index contributed by atoms with van der Waals surface area (Å²) in [5.74, 6) is 2.15. The van der Waals surface area contributed by atoms with Crippen LogP contribution < -0.4 is 0 Å². The third-order valence-electron chi connectivity index (χ3n) is 4.25. The lowest BCUT2D eigenvalue weighted by molar-refractivity contribution is 0.378. The summed E-state index contributed by atoms with van der Waals surface area (Å²) in [7, 11) is 0. The van der Waals surface area contributed by atoms with Gasteiger partial charge >= 0.3 is 0 Å². The number of hydrogen-bond donors (Lipinski definition) is 1. The number of thioether (sulfide) groups is 1. The van der Waals surface area contributed by atoms with E-state index in [4.69, 9.17) is 16.1 Å². The van der Waals surface area contributed by atoms with Crippen molar-refractivity contribution < 1.29 is 8.91 Å². The van der Waals surface area contributed by atoms with Gasteiger partial charge in [-0.3, -0.25) is 5.10 Å². The van der Waals surface area contributed by atoms with Crippen molar-refractivity contribution in [1.82, 2.24) is 25.3 Å². The number of aromatic amines is 1. The minimum Gasteiger partial charge on any atom is -0.339 e. The van der Waals surface area contributed by atoms with E-state index >= 15 is 0 Å². The van der Waals surface area contributed by atoms with Gasteiger partial charge in [-0.1, -0.05) is 40.7 Å². The number of aromatic nitrogens is 5. The van der Waals surface area contributed by atoms with Gasteiger partial charge in [-0.25, -0.2) is 9.37 Å². The van der Waals surface area contributed by atoms with Gasteiger partial charge in [0, 0.05) is 28.3 Å². The molecule has 1 N–H and O–H groups in total. The van der Waals surface area contributed by atoms with Crippen molar-refractivity contribution in [3.05, 3.63) is 64.8 Å². The van der Waals surface area contributed by atoms with Crippen LogP contribution in [0.2, 0.25) is 5.02 Å². The van der Waals surface area contributed by atoms with Crippen molar-refractivity contribution in [3.8, 4) is 22.8 Å². The molecule has 0 saturated heterocycles. The Balaban J connectivity index is 1.28. The van der Waals surface area contributed by atoms with Gasteiger partial charge in [0.15, 0.2) is 5.82 Å². The second kappa shape index (κ2) is 8.75. The maximum atomic E-state index is 13.7. The Morgan fingerprint density at radius 3 is 2.69 bits per heavy atom. The summed E-state index contributed by atoms with van der Waals surface area (Å²) in [5.41, 5.74) is 2.12. The number of nitrogens with one attached hydrogen (secondary N) is 1. The fourth-order valence-corrected chi connectivity index (χ4v) is 3.50. The van der Waals surface area contributed by atoms with Gasteiger partial charge in [0.25, 0.3) is 0 Å². The molecule has 6 nitrogen and oxygen atoms in total. The first kappa shape index (κ1) is 19.6. The molecule has 29 heavy (non-hydrogen) atoms. The Labute approximate surface area is 175 Å². The van der Waals surface area contributed by atoms with Crippen LogP contribution >= 0.6 is 23.4 Å². The molecule has 0 unspecified atom stereocenters. The molecule has 0 aliphatic carbocycles. The standard InChI is InChI=1S/C20H17ClFN5OS/c1-12-4-5-14(11-16(12)22)19-23-17(28-27-19)3-2-10-29-20-24-18(25-26-20)13-6-8-15(21)9-7-13/h4-9,11H,2-3,10H2,1H3,(H,24,25,26). The number of halogens is 2. The third-order valence-corrected chi connectivity index (χ3v) is 5.43. The van der Waals surface area contributed by atoms with Crippen molar-refractivity contribution in [1.29, 1.82) is 0 Å². The molecule has 0 aliphatic heterocycles. The molecule has 2 heterocycles. The highest BCUT2D eigenvalue weighted by atomic mass is 35.5. The first-order valence-electron chi connectivity index (χ1n) is 8.99. The summed E-state index contributed by atoms with van der Waals surface area (Å²) in [6, 6.07) is 12.3. The second-order valence-electron chi connectivity index (χ2n) is 6.40. The number of benzene rings is 2. The molecule has 0 saturated carbocycles. The summed E-state index contributed by atoms with van der Waals surface area (Å²) in [4.78, 5) is 8.82. The maximum Gasteiger partial charge on any atom is 0.226 e. The minimum atomic E-state index is -0.283. The van der Waals surface area contributed by atoms with Gasteiger partial charge in [0.05, 0.1) is 0 Å². The Hall–Kier alpha value is -2.71. The summed E-state index contributed by atoms with van der Waals surface area (Å²) >= 11 is 7.45. The van der Waals surface area contributed by atoms with Crippen LogP contribution in [0.1, 0.15) is 17.9 Å². The predicted octanol–water partition coefficient (Wildman–Crippen LogP) is 5.35. The smallest absolute Gasteiger partial charge is 0.226 e.